The molecule has 1 rings (SSSR count). The second-order valence-corrected chi connectivity index (χ2v) is 6.13. The minimum Gasteiger partial charge on any atom is -0.312 e. The molecule has 120 valence electrons. The van der Waals surface area contributed by atoms with Crippen LogP contribution in [0.2, 0.25) is 0 Å². The molecule has 0 aliphatic heterocycles. The molecule has 1 aromatic rings. The lowest BCUT2D eigenvalue weighted by atomic mass is 9.85. The Balaban J connectivity index is 2.70. The number of rotatable bonds is 6. The highest BCUT2D eigenvalue weighted by molar-refractivity contribution is 5.26. The normalized spacial score (nSPS) is 12.7. The highest BCUT2D eigenvalue weighted by Gasteiger charge is 2.31. The van der Waals surface area contributed by atoms with Gasteiger partial charge in [0, 0.05) is 6.54 Å². The topological polar surface area (TPSA) is 12.0 Å². The van der Waals surface area contributed by atoms with Crippen molar-refractivity contribution in [2.24, 2.45) is 17.8 Å². The van der Waals surface area contributed by atoms with Gasteiger partial charge in [0.25, 0.3) is 0 Å². The molecule has 0 aliphatic rings. The Bertz CT molecular complexity index is 444. The van der Waals surface area contributed by atoms with E-state index >= 15 is 0 Å². The third-order valence-electron chi connectivity index (χ3n) is 3.71. The van der Waals surface area contributed by atoms with E-state index in [1.54, 1.807) is 0 Å². The summed E-state index contributed by atoms with van der Waals surface area (Å²) in [6, 6.07) is 2.66. The van der Waals surface area contributed by atoms with Crippen LogP contribution in [-0.2, 0) is 12.7 Å². The summed E-state index contributed by atoms with van der Waals surface area (Å²) in [5.41, 5.74) is -0.628. The number of alkyl halides is 3. The van der Waals surface area contributed by atoms with Gasteiger partial charge >= 0.3 is 6.18 Å². The van der Waals surface area contributed by atoms with Crippen molar-refractivity contribution < 1.29 is 17.6 Å². The van der Waals surface area contributed by atoms with Crippen molar-refractivity contribution in [3.8, 4) is 0 Å². The minimum absolute atomic E-state index is 0.233. The highest BCUT2D eigenvalue weighted by Crippen LogP contribution is 2.30. The van der Waals surface area contributed by atoms with Gasteiger partial charge < -0.3 is 5.32 Å². The summed E-state index contributed by atoms with van der Waals surface area (Å²) in [5.74, 6) is 0.540. The Kier molecular flexibility index (Phi) is 6.20. The van der Waals surface area contributed by atoms with Crippen molar-refractivity contribution in [2.45, 2.75) is 40.4 Å². The van der Waals surface area contributed by atoms with Crippen molar-refractivity contribution >= 4 is 0 Å². The molecule has 1 aromatic carbocycles. The molecule has 0 spiro atoms. The molecule has 0 amide bonds. The van der Waals surface area contributed by atoms with Gasteiger partial charge in [-0.15, -0.1) is 0 Å². The molecule has 5 heteroatoms. The maximum absolute atomic E-state index is 13.3. The summed E-state index contributed by atoms with van der Waals surface area (Å²) < 4.78 is 51.1. The third-order valence-corrected chi connectivity index (χ3v) is 3.71. The number of nitrogens with one attached hydrogen (secondary N) is 1. The molecule has 0 aliphatic carbocycles. The summed E-state index contributed by atoms with van der Waals surface area (Å²) in [6.45, 7) is 9.42. The molecule has 1 nitrogen and oxygen atoms in total. The van der Waals surface area contributed by atoms with E-state index in [1.165, 1.54) is 0 Å². The lowest BCUT2D eigenvalue weighted by Crippen LogP contribution is -2.29. The van der Waals surface area contributed by atoms with E-state index in [4.69, 9.17) is 0 Å². The van der Waals surface area contributed by atoms with Crippen molar-refractivity contribution in [1.29, 1.82) is 0 Å². The summed E-state index contributed by atoms with van der Waals surface area (Å²) in [6.07, 6.45) is -4.52. The molecular formula is C16H23F4N. The lowest BCUT2D eigenvalue weighted by molar-refractivity contribution is -0.137. The van der Waals surface area contributed by atoms with E-state index in [0.29, 0.717) is 35.9 Å². The molecule has 21 heavy (non-hydrogen) atoms. The van der Waals surface area contributed by atoms with E-state index in [0.717, 1.165) is 12.1 Å². The average molecular weight is 305 g/mol. The zero-order chi connectivity index (χ0) is 16.2. The zero-order valence-electron chi connectivity index (χ0n) is 12.9. The molecular weight excluding hydrogens is 282 g/mol. The Labute approximate surface area is 123 Å². The highest BCUT2D eigenvalue weighted by atomic mass is 19.4. The SMILES string of the molecule is CC(C)C(CNCc1cc(F)cc(C(F)(F)F)c1)C(C)C. The second kappa shape index (κ2) is 7.25. The molecule has 0 heterocycles. The molecule has 0 bridgehead atoms. The largest absolute Gasteiger partial charge is 0.416 e. The van der Waals surface area contributed by atoms with Crippen LogP contribution in [0.15, 0.2) is 18.2 Å². The van der Waals surface area contributed by atoms with Gasteiger partial charge in [0.2, 0.25) is 0 Å². The fourth-order valence-electron chi connectivity index (χ4n) is 2.54. The minimum atomic E-state index is -4.52. The van der Waals surface area contributed by atoms with Crippen LogP contribution in [0.5, 0.6) is 0 Å². The molecule has 0 aromatic heterocycles. The predicted octanol–water partition coefficient (Wildman–Crippen LogP) is 4.86. The average Bonchev–Trinajstić information content (AvgIpc) is 2.31. The summed E-state index contributed by atoms with van der Waals surface area (Å²) in [5, 5.41) is 3.14. The second-order valence-electron chi connectivity index (χ2n) is 6.13. The Hall–Kier alpha value is -1.10. The van der Waals surface area contributed by atoms with Crippen LogP contribution >= 0.6 is 0 Å². The molecule has 0 saturated heterocycles. The van der Waals surface area contributed by atoms with Gasteiger partial charge in [-0.25, -0.2) is 4.39 Å². The maximum atomic E-state index is 13.3. The van der Waals surface area contributed by atoms with Crippen LogP contribution in [0.3, 0.4) is 0 Å². The molecule has 0 fully saturated rings. The van der Waals surface area contributed by atoms with Gasteiger partial charge in [-0.1, -0.05) is 27.7 Å². The van der Waals surface area contributed by atoms with Crippen molar-refractivity contribution in [2.75, 3.05) is 6.54 Å². The maximum Gasteiger partial charge on any atom is 0.416 e. The number of hydrogen-bond acceptors (Lipinski definition) is 1. The monoisotopic (exact) mass is 305 g/mol. The van der Waals surface area contributed by atoms with Crippen LogP contribution in [0.1, 0.15) is 38.8 Å². The van der Waals surface area contributed by atoms with E-state index in [-0.39, 0.29) is 6.54 Å². The lowest BCUT2D eigenvalue weighted by Gasteiger charge is -2.25. The van der Waals surface area contributed by atoms with Gasteiger partial charge in [0.15, 0.2) is 0 Å². The van der Waals surface area contributed by atoms with E-state index in [2.05, 4.69) is 33.0 Å². The molecule has 0 atom stereocenters. The first kappa shape index (κ1) is 18.0. The first-order valence-electron chi connectivity index (χ1n) is 7.18. The molecule has 0 radical (unpaired) electrons. The molecule has 1 N–H and O–H groups in total. The van der Waals surface area contributed by atoms with Crippen LogP contribution in [0.25, 0.3) is 0 Å². The smallest absolute Gasteiger partial charge is 0.312 e. The van der Waals surface area contributed by atoms with Gasteiger partial charge in [0.1, 0.15) is 5.82 Å². The van der Waals surface area contributed by atoms with Crippen molar-refractivity contribution in [1.82, 2.24) is 5.32 Å². The Morgan fingerprint density at radius 1 is 1.00 bits per heavy atom. The van der Waals surface area contributed by atoms with Crippen molar-refractivity contribution in [3.05, 3.63) is 35.1 Å². The van der Waals surface area contributed by atoms with Gasteiger partial charge in [-0.3, -0.25) is 0 Å². The number of benzene rings is 1. The van der Waals surface area contributed by atoms with E-state index < -0.39 is 17.6 Å². The number of hydrogen-bond donors (Lipinski definition) is 1. The van der Waals surface area contributed by atoms with E-state index in [1.807, 2.05) is 0 Å². The zero-order valence-corrected chi connectivity index (χ0v) is 12.9. The van der Waals surface area contributed by atoms with Gasteiger partial charge in [-0.05, 0) is 48.1 Å². The standard InChI is InChI=1S/C16H23F4N/c1-10(2)15(11(3)4)9-21-8-12-5-13(16(18,19)20)7-14(17)6-12/h5-7,10-11,15,21H,8-9H2,1-4H3. The third kappa shape index (κ3) is 5.65. The summed E-state index contributed by atoms with van der Waals surface area (Å²) >= 11 is 0. The van der Waals surface area contributed by atoms with Crippen molar-refractivity contribution in [3.63, 3.8) is 0 Å². The first-order valence-corrected chi connectivity index (χ1v) is 7.18. The molecule has 0 saturated carbocycles. The van der Waals surface area contributed by atoms with Gasteiger partial charge in [-0.2, -0.15) is 13.2 Å². The Morgan fingerprint density at radius 2 is 1.57 bits per heavy atom. The first-order chi connectivity index (χ1) is 9.61. The van der Waals surface area contributed by atoms with E-state index in [9.17, 15) is 17.6 Å². The van der Waals surface area contributed by atoms with Crippen LogP contribution in [-0.4, -0.2) is 6.54 Å². The quantitative estimate of drug-likeness (QED) is 0.740. The van der Waals surface area contributed by atoms with Gasteiger partial charge in [0.05, 0.1) is 5.56 Å². The van der Waals surface area contributed by atoms with Crippen LogP contribution < -0.4 is 5.32 Å². The Morgan fingerprint density at radius 3 is 2.05 bits per heavy atom. The van der Waals surface area contributed by atoms with Crippen LogP contribution in [0, 0.1) is 23.6 Å². The predicted molar refractivity (Wildman–Crippen MR) is 76.3 cm³/mol. The van der Waals surface area contributed by atoms with Crippen LogP contribution in [0.4, 0.5) is 17.6 Å². The summed E-state index contributed by atoms with van der Waals surface area (Å²) in [7, 11) is 0. The number of halogens is 4. The summed E-state index contributed by atoms with van der Waals surface area (Å²) in [4.78, 5) is 0. The fourth-order valence-corrected chi connectivity index (χ4v) is 2.54. The fraction of sp³-hybridized carbons (Fsp3) is 0.625. The molecule has 0 unspecified atom stereocenters.